The van der Waals surface area contributed by atoms with Crippen molar-refractivity contribution in [1.82, 2.24) is 0 Å². The molecule has 49 heavy (non-hydrogen) atoms. The van der Waals surface area contributed by atoms with E-state index in [2.05, 4.69) is 99.6 Å². The van der Waals surface area contributed by atoms with Crippen LogP contribution in [0.5, 0.6) is 0 Å². The number of Topliss-reactive ketones (excluding diaryl/α,β-unsaturated/α-hetero) is 2. The molecule has 0 heterocycles. The Labute approximate surface area is 306 Å². The molecule has 0 radical (unpaired) electrons. The molecule has 2 fully saturated rings. The summed E-state index contributed by atoms with van der Waals surface area (Å²) in [7, 11) is 0. The van der Waals surface area contributed by atoms with E-state index in [9.17, 15) is 14.4 Å². The zero-order valence-electron chi connectivity index (χ0n) is 33.9. The summed E-state index contributed by atoms with van der Waals surface area (Å²) in [6.45, 7) is 25.3. The molecule has 0 N–H and O–H groups in total. The molecule has 4 heteroatoms. The number of carbonyl (C=O) groups excluding carboxylic acids is 3. The van der Waals surface area contributed by atoms with Gasteiger partial charge in [0.1, 0.15) is 17.7 Å². The lowest BCUT2D eigenvalue weighted by Crippen LogP contribution is -2.14. The van der Waals surface area contributed by atoms with Crippen LogP contribution in [0.2, 0.25) is 0 Å². The number of hydrogen-bond acceptors (Lipinski definition) is 4. The Hall–Kier alpha value is -1.97. The van der Waals surface area contributed by atoms with Gasteiger partial charge in [-0.25, -0.2) is 0 Å². The number of rotatable bonds is 13. The first-order valence-corrected chi connectivity index (χ1v) is 19.7. The van der Waals surface area contributed by atoms with E-state index in [-0.39, 0.29) is 19.5 Å². The minimum atomic E-state index is 0. The Morgan fingerprint density at radius 3 is 1.33 bits per heavy atom. The van der Waals surface area contributed by atoms with Crippen molar-refractivity contribution in [1.29, 1.82) is 0 Å². The minimum absolute atomic E-state index is 0. The molecule has 1 aromatic carbocycles. The number of esters is 1. The van der Waals surface area contributed by atoms with Crippen molar-refractivity contribution in [2.24, 2.45) is 35.5 Å². The average Bonchev–Trinajstić information content (AvgIpc) is 3.53. The van der Waals surface area contributed by atoms with Crippen LogP contribution < -0.4 is 0 Å². The molecule has 0 aliphatic heterocycles. The zero-order chi connectivity index (χ0) is 36.9. The highest BCUT2D eigenvalue weighted by Gasteiger charge is 2.19. The highest BCUT2D eigenvalue weighted by molar-refractivity contribution is 5.75. The smallest absolute Gasteiger partial charge is 0.306 e. The average molecular weight is 689 g/mol. The van der Waals surface area contributed by atoms with E-state index in [0.29, 0.717) is 35.7 Å². The molecule has 0 aromatic heterocycles. The number of hydrogen-bond donors (Lipinski definition) is 0. The number of carbonyl (C=O) groups is 3. The molecule has 0 saturated heterocycles. The van der Waals surface area contributed by atoms with Crippen LogP contribution in [0.15, 0.2) is 30.3 Å². The first-order chi connectivity index (χ1) is 22.5. The Morgan fingerprint density at radius 2 is 1.00 bits per heavy atom. The Kier molecular flexibility index (Phi) is 34.8. The third-order valence-electron chi connectivity index (χ3n) is 8.75. The highest BCUT2D eigenvalue weighted by atomic mass is 16.5. The number of ether oxygens (including phenoxy) is 1. The lowest BCUT2D eigenvalue weighted by Gasteiger charge is -2.24. The van der Waals surface area contributed by atoms with Gasteiger partial charge in [-0.3, -0.25) is 4.79 Å². The largest absolute Gasteiger partial charge is 0.462 e. The fourth-order valence-corrected chi connectivity index (χ4v) is 5.53. The summed E-state index contributed by atoms with van der Waals surface area (Å²) in [5.74, 6) is 5.29. The summed E-state index contributed by atoms with van der Waals surface area (Å²) in [6.07, 6.45) is 18.6. The molecule has 2 aliphatic rings. The molecule has 1 aromatic rings. The highest BCUT2D eigenvalue weighted by Crippen LogP contribution is 2.29. The first-order valence-electron chi connectivity index (χ1n) is 19.7. The van der Waals surface area contributed by atoms with Crippen molar-refractivity contribution in [3.8, 4) is 0 Å². The van der Waals surface area contributed by atoms with Gasteiger partial charge in [0.2, 0.25) is 0 Å². The van der Waals surface area contributed by atoms with Crippen molar-refractivity contribution in [2.45, 2.75) is 199 Å². The fraction of sp³-hybridized carbons (Fsp3) is 0.800. The predicted molar refractivity (Wildman–Crippen MR) is 215 cm³/mol. The van der Waals surface area contributed by atoms with Crippen LogP contribution in [0.3, 0.4) is 0 Å². The van der Waals surface area contributed by atoms with E-state index < -0.39 is 0 Å². The van der Waals surface area contributed by atoms with E-state index in [1.165, 1.54) is 56.9 Å². The molecule has 2 saturated carbocycles. The van der Waals surface area contributed by atoms with Crippen molar-refractivity contribution in [3.05, 3.63) is 35.9 Å². The van der Waals surface area contributed by atoms with Gasteiger partial charge >= 0.3 is 5.97 Å². The summed E-state index contributed by atoms with van der Waals surface area (Å²) < 4.78 is 5.32. The number of ketones is 2. The Morgan fingerprint density at radius 1 is 0.592 bits per heavy atom. The van der Waals surface area contributed by atoms with E-state index in [0.717, 1.165) is 62.7 Å². The predicted octanol–water partition coefficient (Wildman–Crippen LogP) is 13.7. The van der Waals surface area contributed by atoms with Gasteiger partial charge in [-0.15, -0.1) is 0 Å². The van der Waals surface area contributed by atoms with Gasteiger partial charge in [0.25, 0.3) is 0 Å². The van der Waals surface area contributed by atoms with Crippen molar-refractivity contribution in [2.75, 3.05) is 0 Å². The van der Waals surface area contributed by atoms with E-state index in [1.807, 2.05) is 0 Å². The van der Waals surface area contributed by atoms with Gasteiger partial charge in [0, 0.05) is 19.3 Å². The van der Waals surface area contributed by atoms with Crippen LogP contribution in [-0.4, -0.2) is 23.6 Å². The quantitative estimate of drug-likeness (QED) is 0.194. The third-order valence-corrected chi connectivity index (χ3v) is 8.75. The maximum atomic E-state index is 11.3. The molecule has 0 unspecified atom stereocenters. The molecule has 3 rings (SSSR count). The molecule has 4 nitrogen and oxygen atoms in total. The molecule has 0 amide bonds. The first kappa shape index (κ1) is 51.4. The topological polar surface area (TPSA) is 60.4 Å². The van der Waals surface area contributed by atoms with Crippen molar-refractivity contribution >= 4 is 17.5 Å². The monoisotopic (exact) mass is 689 g/mol. The lowest BCUT2D eigenvalue weighted by atomic mass is 9.82. The maximum absolute atomic E-state index is 11.3. The van der Waals surface area contributed by atoms with Crippen molar-refractivity contribution in [3.63, 3.8) is 0 Å². The van der Waals surface area contributed by atoms with Crippen LogP contribution in [0.25, 0.3) is 0 Å². The molecule has 0 spiro atoms. The summed E-state index contributed by atoms with van der Waals surface area (Å²) in [5.41, 5.74) is 1.44. The van der Waals surface area contributed by atoms with E-state index in [1.54, 1.807) is 13.8 Å². The van der Waals surface area contributed by atoms with Gasteiger partial charge in [-0.1, -0.05) is 139 Å². The van der Waals surface area contributed by atoms with E-state index in [4.69, 9.17) is 4.74 Å². The molecular weight excluding hydrogens is 604 g/mol. The Balaban J connectivity index is -0.000000545. The van der Waals surface area contributed by atoms with Crippen molar-refractivity contribution < 1.29 is 19.1 Å². The summed E-state index contributed by atoms with van der Waals surface area (Å²) in [6, 6.07) is 10.6. The lowest BCUT2D eigenvalue weighted by molar-refractivity contribution is -0.149. The van der Waals surface area contributed by atoms with Gasteiger partial charge in [0.15, 0.2) is 0 Å². The second kappa shape index (κ2) is 33.2. The van der Waals surface area contributed by atoms with Crippen LogP contribution in [0, 0.1) is 35.5 Å². The van der Waals surface area contributed by atoms with Crippen LogP contribution >= 0.6 is 0 Å². The second-order valence-corrected chi connectivity index (χ2v) is 16.3. The Bertz CT molecular complexity index is 866. The van der Waals surface area contributed by atoms with Gasteiger partial charge in [0.05, 0.1) is 0 Å². The van der Waals surface area contributed by atoms with Crippen LogP contribution in [-0.2, 0) is 25.5 Å². The molecule has 288 valence electrons. The fourth-order valence-electron chi connectivity index (χ4n) is 5.53. The molecule has 2 aliphatic carbocycles. The number of benzene rings is 1. The van der Waals surface area contributed by atoms with Gasteiger partial charge in [-0.2, -0.15) is 0 Å². The maximum Gasteiger partial charge on any atom is 0.306 e. The normalized spacial score (nSPS) is 14.4. The van der Waals surface area contributed by atoms with Crippen LogP contribution in [0.1, 0.15) is 192 Å². The zero-order valence-corrected chi connectivity index (χ0v) is 33.9. The van der Waals surface area contributed by atoms with Crippen LogP contribution in [0.4, 0.5) is 0 Å². The molecular formula is C45H84O4. The SMILES string of the molecule is C.CC(=O)CCC(C)C.CC(=O)CCC(C)C.CC(C)C1CCCCC1.CC(C)CCC(=O)OC1CCCC1.CC(C)Cc1ccccc1. The van der Waals surface area contributed by atoms with Gasteiger partial charge in [-0.05, 0) is 106 Å². The molecule has 0 atom stereocenters. The van der Waals surface area contributed by atoms with Gasteiger partial charge < -0.3 is 14.3 Å². The third kappa shape index (κ3) is 38.7. The molecule has 0 bridgehead atoms. The standard InChI is InChI=1S/C11H20O2.C10H14.C9H18.2C7H14O.CH4/c1-9(2)7-8-11(12)13-10-5-3-4-6-10;1-9(2)8-10-6-4-3-5-7-10;1-8(2)9-6-4-3-5-7-9;2*1-6(2)4-5-7(3)8;/h9-10H,3-8H2,1-2H3;3-7,9H,8H2,1-2H3;8-9H,3-7H2,1-2H3;2*6H,4-5H2,1-3H3;1H4. The summed E-state index contributed by atoms with van der Waals surface area (Å²) in [4.78, 5) is 32.0. The minimum Gasteiger partial charge on any atom is -0.462 e. The summed E-state index contributed by atoms with van der Waals surface area (Å²) >= 11 is 0. The van der Waals surface area contributed by atoms with E-state index >= 15 is 0 Å². The second-order valence-electron chi connectivity index (χ2n) is 16.3. The summed E-state index contributed by atoms with van der Waals surface area (Å²) in [5, 5.41) is 0.